The van der Waals surface area contributed by atoms with Gasteiger partial charge in [-0.3, -0.25) is 9.10 Å². The molecule has 0 saturated carbocycles. The summed E-state index contributed by atoms with van der Waals surface area (Å²) in [6, 6.07) is 18.6. The summed E-state index contributed by atoms with van der Waals surface area (Å²) in [5.41, 5.74) is 3.41. The van der Waals surface area contributed by atoms with Crippen molar-refractivity contribution >= 4 is 44.8 Å². The van der Waals surface area contributed by atoms with E-state index in [0.717, 1.165) is 21.0 Å². The highest BCUT2D eigenvalue weighted by Crippen LogP contribution is 2.26. The lowest BCUT2D eigenvalue weighted by Crippen LogP contribution is -2.41. The second-order valence-electron chi connectivity index (χ2n) is 7.46. The Balaban J connectivity index is 1.80. The van der Waals surface area contributed by atoms with Crippen LogP contribution in [0.3, 0.4) is 0 Å². The van der Waals surface area contributed by atoms with Crippen LogP contribution in [0.5, 0.6) is 0 Å². The van der Waals surface area contributed by atoms with Crippen LogP contribution in [0.15, 0.2) is 71.6 Å². The molecule has 0 radical (unpaired) electrons. The third-order valence-electron chi connectivity index (χ3n) is 5.12. The molecule has 0 spiro atoms. The highest BCUT2D eigenvalue weighted by molar-refractivity contribution is 7.92. The van der Waals surface area contributed by atoms with Crippen molar-refractivity contribution in [1.29, 1.82) is 0 Å². The van der Waals surface area contributed by atoms with E-state index >= 15 is 0 Å². The van der Waals surface area contributed by atoms with Gasteiger partial charge in [-0.2, -0.15) is 0 Å². The molecule has 0 fully saturated rings. The quantitative estimate of drug-likeness (QED) is 0.473. The largest absolute Gasteiger partial charge is 0.354 e. The molecule has 3 aromatic rings. The number of anilines is 1. The van der Waals surface area contributed by atoms with Gasteiger partial charge in [0.1, 0.15) is 6.54 Å². The summed E-state index contributed by atoms with van der Waals surface area (Å²) < 4.78 is 27.9. The molecule has 5 nitrogen and oxygen atoms in total. The summed E-state index contributed by atoms with van der Waals surface area (Å²) in [5, 5.41) is 3.89. The van der Waals surface area contributed by atoms with E-state index in [1.54, 1.807) is 24.3 Å². The number of nitrogens with one attached hydrogen (secondary N) is 1. The molecule has 32 heavy (non-hydrogen) atoms. The van der Waals surface area contributed by atoms with Crippen LogP contribution in [-0.4, -0.2) is 27.4 Å². The van der Waals surface area contributed by atoms with E-state index in [1.165, 1.54) is 24.3 Å². The number of amides is 1. The van der Waals surface area contributed by atoms with Gasteiger partial charge in [-0.05, 0) is 85.5 Å². The third-order valence-corrected chi connectivity index (χ3v) is 7.41. The van der Waals surface area contributed by atoms with E-state index in [4.69, 9.17) is 23.2 Å². The Kier molecular flexibility index (Phi) is 7.82. The molecular weight excluding hydrogens is 467 g/mol. The topological polar surface area (TPSA) is 66.5 Å². The summed E-state index contributed by atoms with van der Waals surface area (Å²) in [7, 11) is -3.98. The standard InChI is InChI=1S/C24H24Cl2N2O3S/c1-17-3-10-22(15-18(17)2)28(32(30,31)23-11-8-21(26)9-12-23)16-24(29)27-14-13-19-4-6-20(25)7-5-19/h3-12,15H,13-14,16H2,1-2H3,(H,27,29). The van der Waals surface area contributed by atoms with E-state index < -0.39 is 15.9 Å². The van der Waals surface area contributed by atoms with Gasteiger partial charge < -0.3 is 5.32 Å². The first-order valence-electron chi connectivity index (χ1n) is 10.0. The molecule has 1 amide bonds. The predicted molar refractivity (Wildman–Crippen MR) is 130 cm³/mol. The van der Waals surface area contributed by atoms with Crippen molar-refractivity contribution in [2.24, 2.45) is 0 Å². The first kappa shape index (κ1) is 24.1. The summed E-state index contributed by atoms with van der Waals surface area (Å²) in [4.78, 5) is 12.8. The second kappa shape index (κ2) is 10.4. The van der Waals surface area contributed by atoms with E-state index in [9.17, 15) is 13.2 Å². The van der Waals surface area contributed by atoms with Gasteiger partial charge in [-0.25, -0.2) is 8.42 Å². The molecule has 3 aromatic carbocycles. The lowest BCUT2D eigenvalue weighted by Gasteiger charge is -2.25. The van der Waals surface area contributed by atoms with Crippen molar-refractivity contribution in [2.45, 2.75) is 25.2 Å². The first-order chi connectivity index (χ1) is 15.2. The molecule has 0 bridgehead atoms. The number of aryl methyl sites for hydroxylation is 2. The minimum absolute atomic E-state index is 0.0640. The van der Waals surface area contributed by atoms with Crippen LogP contribution in [0.1, 0.15) is 16.7 Å². The van der Waals surface area contributed by atoms with Gasteiger partial charge in [0.2, 0.25) is 5.91 Å². The van der Waals surface area contributed by atoms with Gasteiger partial charge in [0.15, 0.2) is 0 Å². The Morgan fingerprint density at radius 1 is 0.875 bits per heavy atom. The number of hydrogen-bond donors (Lipinski definition) is 1. The predicted octanol–water partition coefficient (Wildman–Crippen LogP) is 5.16. The molecule has 1 N–H and O–H groups in total. The van der Waals surface area contributed by atoms with Gasteiger partial charge in [-0.15, -0.1) is 0 Å². The number of benzene rings is 3. The zero-order valence-electron chi connectivity index (χ0n) is 17.8. The number of carbonyl (C=O) groups excluding carboxylic acids is 1. The van der Waals surface area contributed by atoms with Crippen molar-refractivity contribution < 1.29 is 13.2 Å². The lowest BCUT2D eigenvalue weighted by atomic mass is 10.1. The Morgan fingerprint density at radius 3 is 2.06 bits per heavy atom. The Morgan fingerprint density at radius 2 is 1.47 bits per heavy atom. The molecule has 0 atom stereocenters. The third kappa shape index (κ3) is 6.03. The van der Waals surface area contributed by atoms with E-state index in [-0.39, 0.29) is 11.4 Å². The minimum atomic E-state index is -3.98. The number of nitrogens with zero attached hydrogens (tertiary/aromatic N) is 1. The molecule has 3 rings (SSSR count). The van der Waals surface area contributed by atoms with E-state index in [1.807, 2.05) is 32.0 Å². The van der Waals surface area contributed by atoms with Crippen LogP contribution in [0.25, 0.3) is 0 Å². The van der Waals surface area contributed by atoms with Crippen LogP contribution in [0.4, 0.5) is 5.69 Å². The normalized spacial score (nSPS) is 11.2. The van der Waals surface area contributed by atoms with Crippen molar-refractivity contribution in [2.75, 3.05) is 17.4 Å². The van der Waals surface area contributed by atoms with Crippen molar-refractivity contribution in [1.82, 2.24) is 5.32 Å². The van der Waals surface area contributed by atoms with Crippen LogP contribution < -0.4 is 9.62 Å². The van der Waals surface area contributed by atoms with Gasteiger partial charge in [0.25, 0.3) is 10.0 Å². The average Bonchev–Trinajstić information content (AvgIpc) is 2.76. The molecule has 8 heteroatoms. The molecule has 0 heterocycles. The fraction of sp³-hybridized carbons (Fsp3) is 0.208. The van der Waals surface area contributed by atoms with Gasteiger partial charge in [0.05, 0.1) is 10.6 Å². The van der Waals surface area contributed by atoms with Crippen LogP contribution >= 0.6 is 23.2 Å². The van der Waals surface area contributed by atoms with Crippen molar-refractivity contribution in [3.05, 3.63) is 93.5 Å². The van der Waals surface area contributed by atoms with Gasteiger partial charge in [-0.1, -0.05) is 41.4 Å². The average molecular weight is 491 g/mol. The van der Waals surface area contributed by atoms with Crippen LogP contribution in [0.2, 0.25) is 10.0 Å². The number of hydrogen-bond acceptors (Lipinski definition) is 3. The summed E-state index contributed by atoms with van der Waals surface area (Å²) >= 11 is 11.8. The number of rotatable bonds is 8. The molecule has 0 unspecified atom stereocenters. The van der Waals surface area contributed by atoms with E-state index in [0.29, 0.717) is 28.7 Å². The maximum atomic E-state index is 13.4. The Hall–Kier alpha value is -2.54. The number of sulfonamides is 1. The molecular formula is C24H24Cl2N2O3S. The van der Waals surface area contributed by atoms with Crippen molar-refractivity contribution in [3.8, 4) is 0 Å². The SMILES string of the molecule is Cc1ccc(N(CC(=O)NCCc2ccc(Cl)cc2)S(=O)(=O)c2ccc(Cl)cc2)cc1C. The zero-order chi connectivity index (χ0) is 23.3. The summed E-state index contributed by atoms with van der Waals surface area (Å²) in [6.45, 7) is 3.88. The molecule has 0 saturated heterocycles. The highest BCUT2D eigenvalue weighted by Gasteiger charge is 2.27. The number of carbonyl (C=O) groups is 1. The van der Waals surface area contributed by atoms with Gasteiger partial charge >= 0.3 is 0 Å². The molecule has 0 aliphatic carbocycles. The minimum Gasteiger partial charge on any atom is -0.354 e. The number of halogens is 2. The zero-order valence-corrected chi connectivity index (χ0v) is 20.1. The van der Waals surface area contributed by atoms with Gasteiger partial charge in [0, 0.05) is 16.6 Å². The Labute approximate surface area is 199 Å². The van der Waals surface area contributed by atoms with E-state index in [2.05, 4.69) is 5.32 Å². The van der Waals surface area contributed by atoms with Crippen LogP contribution in [0, 0.1) is 13.8 Å². The molecule has 168 valence electrons. The molecule has 0 aliphatic rings. The smallest absolute Gasteiger partial charge is 0.264 e. The molecule has 0 aliphatic heterocycles. The fourth-order valence-corrected chi connectivity index (χ4v) is 4.78. The molecule has 0 aromatic heterocycles. The van der Waals surface area contributed by atoms with Crippen LogP contribution in [-0.2, 0) is 21.2 Å². The monoisotopic (exact) mass is 490 g/mol. The summed E-state index contributed by atoms with van der Waals surface area (Å²) in [6.07, 6.45) is 0.608. The first-order valence-corrected chi connectivity index (χ1v) is 12.2. The fourth-order valence-electron chi connectivity index (χ4n) is 3.11. The highest BCUT2D eigenvalue weighted by atomic mass is 35.5. The van der Waals surface area contributed by atoms with Crippen molar-refractivity contribution in [3.63, 3.8) is 0 Å². The Bertz CT molecular complexity index is 1190. The maximum absolute atomic E-state index is 13.4. The summed E-state index contributed by atoms with van der Waals surface area (Å²) in [5.74, 6) is -0.394. The lowest BCUT2D eigenvalue weighted by molar-refractivity contribution is -0.119. The second-order valence-corrected chi connectivity index (χ2v) is 10.2. The maximum Gasteiger partial charge on any atom is 0.264 e.